The topological polar surface area (TPSA) is 57.5 Å². The van der Waals surface area contributed by atoms with Gasteiger partial charge in [0.1, 0.15) is 7.85 Å². The van der Waals surface area contributed by atoms with Crippen LogP contribution in [0.2, 0.25) is 0 Å². The minimum atomic E-state index is -1.54. The van der Waals surface area contributed by atoms with Gasteiger partial charge in [-0.25, -0.2) is 4.79 Å². The Bertz CT molecular complexity index is 298. The Balaban J connectivity index is 3.02. The Morgan fingerprint density at radius 3 is 2.50 bits per heavy atom. The van der Waals surface area contributed by atoms with Gasteiger partial charge in [0.05, 0.1) is 0 Å². The van der Waals surface area contributed by atoms with Crippen LogP contribution in [0.3, 0.4) is 0 Å². The zero-order valence-electron chi connectivity index (χ0n) is 6.27. The first-order valence-electron chi connectivity index (χ1n) is 3.38. The van der Waals surface area contributed by atoms with Crippen molar-refractivity contribution in [3.63, 3.8) is 0 Å². The molecule has 0 saturated carbocycles. The molecule has 12 heavy (non-hydrogen) atoms. The molecular weight excluding hydrogens is 155 g/mol. The molecule has 1 aromatic rings. The molecule has 4 heteroatoms. The predicted octanol–water partition coefficient (Wildman–Crippen LogP) is -0.402. The van der Waals surface area contributed by atoms with E-state index in [-0.39, 0.29) is 11.0 Å². The smallest absolute Gasteiger partial charge is 0.337 e. The molecule has 0 bridgehead atoms. The van der Waals surface area contributed by atoms with E-state index in [4.69, 9.17) is 18.1 Å². The van der Waals surface area contributed by atoms with Crippen LogP contribution in [0.15, 0.2) is 24.3 Å². The highest BCUT2D eigenvalue weighted by atomic mass is 16.4. The number of aliphatic carboxylic acids is 1. The van der Waals surface area contributed by atoms with Crippen LogP contribution in [0, 0.1) is 0 Å². The molecule has 0 unspecified atom stereocenters. The molecule has 1 atom stereocenters. The lowest BCUT2D eigenvalue weighted by atomic mass is 9.88. The first-order chi connectivity index (χ1) is 5.63. The Hall–Kier alpha value is -1.29. The number of hydrogen-bond acceptors (Lipinski definition) is 2. The zero-order chi connectivity index (χ0) is 9.14. The molecule has 60 valence electrons. The maximum atomic E-state index is 10.3. The van der Waals surface area contributed by atoms with E-state index in [1.165, 1.54) is 6.07 Å². The standard InChI is InChI=1S/C8H7BO3/c9-6-4-2-1-3-5(6)7(10)8(11)12/h1-4,7,10H,(H,11,12)/t7-/m0/s1. The van der Waals surface area contributed by atoms with Crippen molar-refractivity contribution in [1.82, 2.24) is 0 Å². The monoisotopic (exact) mass is 162 g/mol. The van der Waals surface area contributed by atoms with Crippen molar-refractivity contribution in [2.75, 3.05) is 0 Å². The number of hydrogen-bond donors (Lipinski definition) is 2. The third-order valence-corrected chi connectivity index (χ3v) is 1.52. The molecule has 0 spiro atoms. The molecule has 0 saturated heterocycles. The summed E-state index contributed by atoms with van der Waals surface area (Å²) >= 11 is 0. The zero-order valence-corrected chi connectivity index (χ0v) is 6.27. The van der Waals surface area contributed by atoms with Gasteiger partial charge in [0, 0.05) is 0 Å². The summed E-state index contributed by atoms with van der Waals surface area (Å²) in [5, 5.41) is 17.6. The Morgan fingerprint density at radius 2 is 2.00 bits per heavy atom. The van der Waals surface area contributed by atoms with Gasteiger partial charge < -0.3 is 10.2 Å². The summed E-state index contributed by atoms with van der Waals surface area (Å²) in [7, 11) is 5.44. The fraction of sp³-hybridized carbons (Fsp3) is 0.125. The Labute approximate surface area is 71.1 Å². The lowest BCUT2D eigenvalue weighted by Crippen LogP contribution is -2.19. The highest BCUT2D eigenvalue weighted by Gasteiger charge is 2.16. The molecular formula is C8H7BO3. The fourth-order valence-corrected chi connectivity index (χ4v) is 0.893. The van der Waals surface area contributed by atoms with E-state index in [0.29, 0.717) is 0 Å². The van der Waals surface area contributed by atoms with Gasteiger partial charge in [-0.15, -0.1) is 0 Å². The number of benzene rings is 1. The second kappa shape index (κ2) is 3.41. The second-order valence-corrected chi connectivity index (χ2v) is 2.37. The molecule has 1 aromatic carbocycles. The number of carboxylic acid groups (broad SMARTS) is 1. The van der Waals surface area contributed by atoms with E-state index >= 15 is 0 Å². The largest absolute Gasteiger partial charge is 0.479 e. The summed E-state index contributed by atoms with van der Waals surface area (Å²) in [4.78, 5) is 10.3. The predicted molar refractivity (Wildman–Crippen MR) is 44.4 cm³/mol. The minimum Gasteiger partial charge on any atom is -0.479 e. The third-order valence-electron chi connectivity index (χ3n) is 1.52. The van der Waals surface area contributed by atoms with Gasteiger partial charge in [-0.2, -0.15) is 0 Å². The van der Waals surface area contributed by atoms with Crippen molar-refractivity contribution in [3.05, 3.63) is 29.8 Å². The van der Waals surface area contributed by atoms with Crippen molar-refractivity contribution in [2.45, 2.75) is 6.10 Å². The first kappa shape index (κ1) is 8.81. The van der Waals surface area contributed by atoms with Crippen molar-refractivity contribution < 1.29 is 15.0 Å². The molecule has 1 rings (SSSR count). The van der Waals surface area contributed by atoms with Crippen LogP contribution in [-0.2, 0) is 4.79 Å². The lowest BCUT2D eigenvalue weighted by Gasteiger charge is -2.08. The van der Waals surface area contributed by atoms with Crippen molar-refractivity contribution in [3.8, 4) is 0 Å². The quantitative estimate of drug-likeness (QED) is 0.581. The minimum absolute atomic E-state index is 0.227. The van der Waals surface area contributed by atoms with Gasteiger partial charge in [0.15, 0.2) is 6.10 Å². The van der Waals surface area contributed by atoms with Gasteiger partial charge in [-0.1, -0.05) is 29.7 Å². The molecule has 0 aromatic heterocycles. The lowest BCUT2D eigenvalue weighted by molar-refractivity contribution is -0.146. The number of aliphatic hydroxyl groups is 1. The van der Waals surface area contributed by atoms with Crippen molar-refractivity contribution in [2.24, 2.45) is 0 Å². The molecule has 0 aliphatic heterocycles. The highest BCUT2D eigenvalue weighted by Crippen LogP contribution is 2.08. The average Bonchev–Trinajstić information content (AvgIpc) is 2.04. The highest BCUT2D eigenvalue weighted by molar-refractivity contribution is 6.33. The van der Waals surface area contributed by atoms with Crippen LogP contribution in [0.4, 0.5) is 0 Å². The van der Waals surface area contributed by atoms with Crippen molar-refractivity contribution >= 4 is 19.3 Å². The third kappa shape index (κ3) is 1.65. The molecule has 0 aliphatic carbocycles. The SMILES string of the molecule is [B]c1ccccc1[C@H](O)C(=O)O. The van der Waals surface area contributed by atoms with Gasteiger partial charge in [0.2, 0.25) is 0 Å². The molecule has 0 heterocycles. The van der Waals surface area contributed by atoms with Crippen LogP contribution in [0.5, 0.6) is 0 Å². The van der Waals surface area contributed by atoms with Crippen LogP contribution in [0.25, 0.3) is 0 Å². The summed E-state index contributed by atoms with van der Waals surface area (Å²) in [6, 6.07) is 6.32. The van der Waals surface area contributed by atoms with Gasteiger partial charge >= 0.3 is 5.97 Å². The summed E-state index contributed by atoms with van der Waals surface area (Å²) in [6.45, 7) is 0. The molecule has 0 amide bonds. The van der Waals surface area contributed by atoms with Crippen LogP contribution in [0.1, 0.15) is 11.7 Å². The summed E-state index contributed by atoms with van der Waals surface area (Å²) < 4.78 is 0. The number of carboxylic acids is 1. The molecule has 2 radical (unpaired) electrons. The van der Waals surface area contributed by atoms with Gasteiger partial charge in [0.25, 0.3) is 0 Å². The Morgan fingerprint density at radius 1 is 1.42 bits per heavy atom. The summed E-state index contributed by atoms with van der Waals surface area (Å²) in [5.74, 6) is -1.30. The van der Waals surface area contributed by atoms with Crippen LogP contribution < -0.4 is 5.46 Å². The average molecular weight is 162 g/mol. The molecule has 3 nitrogen and oxygen atoms in total. The summed E-state index contributed by atoms with van der Waals surface area (Å²) in [6.07, 6.45) is -1.54. The summed E-state index contributed by atoms with van der Waals surface area (Å²) in [5.41, 5.74) is 0.511. The van der Waals surface area contributed by atoms with E-state index in [2.05, 4.69) is 0 Å². The normalized spacial score (nSPS) is 12.4. The maximum Gasteiger partial charge on any atom is 0.337 e. The van der Waals surface area contributed by atoms with E-state index < -0.39 is 12.1 Å². The van der Waals surface area contributed by atoms with Gasteiger partial charge in [-0.3, -0.25) is 0 Å². The molecule has 2 N–H and O–H groups in total. The number of aliphatic hydroxyl groups excluding tert-OH is 1. The number of rotatable bonds is 2. The molecule has 0 aliphatic rings. The Kier molecular flexibility index (Phi) is 2.50. The van der Waals surface area contributed by atoms with Crippen LogP contribution in [-0.4, -0.2) is 24.0 Å². The maximum absolute atomic E-state index is 10.3. The van der Waals surface area contributed by atoms with E-state index in [9.17, 15) is 4.79 Å². The van der Waals surface area contributed by atoms with Crippen molar-refractivity contribution in [1.29, 1.82) is 0 Å². The van der Waals surface area contributed by atoms with E-state index in [1.54, 1.807) is 18.2 Å². The van der Waals surface area contributed by atoms with E-state index in [1.807, 2.05) is 0 Å². The van der Waals surface area contributed by atoms with E-state index in [0.717, 1.165) is 0 Å². The van der Waals surface area contributed by atoms with Crippen LogP contribution >= 0.6 is 0 Å². The second-order valence-electron chi connectivity index (χ2n) is 2.37. The van der Waals surface area contributed by atoms with Gasteiger partial charge in [-0.05, 0) is 5.56 Å². The molecule has 0 fully saturated rings. The fourth-order valence-electron chi connectivity index (χ4n) is 0.893. The number of carbonyl (C=O) groups is 1. The first-order valence-corrected chi connectivity index (χ1v) is 3.38.